The molecule has 0 saturated carbocycles. The summed E-state index contributed by atoms with van der Waals surface area (Å²) >= 11 is 0. The second kappa shape index (κ2) is 6.35. The van der Waals surface area contributed by atoms with Crippen molar-refractivity contribution in [1.29, 1.82) is 0 Å². The molecule has 0 N–H and O–H groups in total. The number of aryl methyl sites for hydroxylation is 3. The molecule has 0 unspecified atom stereocenters. The Hall–Kier alpha value is -3.39. The van der Waals surface area contributed by atoms with E-state index in [1.165, 1.54) is 27.8 Å². The molecule has 0 amide bonds. The third kappa shape index (κ3) is 2.61. The van der Waals surface area contributed by atoms with Crippen LogP contribution in [0.15, 0.2) is 77.2 Å². The zero-order valence-electron chi connectivity index (χ0n) is 16.3. The predicted octanol–water partition coefficient (Wildman–Crippen LogP) is 7.24. The highest BCUT2D eigenvalue weighted by Gasteiger charge is 2.17. The highest BCUT2D eigenvalue weighted by atomic mass is 16.3. The van der Waals surface area contributed by atoms with Crippen LogP contribution in [0.3, 0.4) is 0 Å². The highest BCUT2D eigenvalue weighted by Crippen LogP contribution is 2.39. The third-order valence-electron chi connectivity index (χ3n) is 5.47. The molecule has 2 heterocycles. The van der Waals surface area contributed by atoms with E-state index in [2.05, 4.69) is 79.5 Å². The van der Waals surface area contributed by atoms with Crippen LogP contribution in [0.5, 0.6) is 0 Å². The van der Waals surface area contributed by atoms with Gasteiger partial charge in [-0.25, -0.2) is 4.98 Å². The van der Waals surface area contributed by atoms with Gasteiger partial charge in [0.25, 0.3) is 0 Å². The lowest BCUT2D eigenvalue weighted by atomic mass is 9.91. The molecular formula is C26H21NO. The lowest BCUT2D eigenvalue weighted by Crippen LogP contribution is -1.89. The van der Waals surface area contributed by atoms with Gasteiger partial charge in [-0.2, -0.15) is 0 Å². The summed E-state index contributed by atoms with van der Waals surface area (Å²) in [7, 11) is 0. The van der Waals surface area contributed by atoms with E-state index in [9.17, 15) is 0 Å². The molecule has 0 atom stereocenters. The number of hydrogen-bond donors (Lipinski definition) is 0. The van der Waals surface area contributed by atoms with Gasteiger partial charge in [0.2, 0.25) is 5.71 Å². The van der Waals surface area contributed by atoms with Crippen molar-refractivity contribution < 1.29 is 4.42 Å². The topological polar surface area (TPSA) is 26.0 Å². The van der Waals surface area contributed by atoms with Crippen LogP contribution in [0.2, 0.25) is 0 Å². The van der Waals surface area contributed by atoms with Gasteiger partial charge in [0.15, 0.2) is 0 Å². The van der Waals surface area contributed by atoms with Crippen molar-refractivity contribution in [2.45, 2.75) is 20.8 Å². The third-order valence-corrected chi connectivity index (χ3v) is 5.47. The summed E-state index contributed by atoms with van der Waals surface area (Å²) in [5.41, 5.74) is 9.82. The largest absolute Gasteiger partial charge is 0.437 e. The van der Waals surface area contributed by atoms with Crippen LogP contribution in [0, 0.1) is 20.8 Å². The van der Waals surface area contributed by atoms with Crippen LogP contribution >= 0.6 is 0 Å². The van der Waals surface area contributed by atoms with Crippen molar-refractivity contribution in [3.05, 3.63) is 89.6 Å². The molecule has 2 nitrogen and oxygen atoms in total. The minimum atomic E-state index is 0.707. The number of nitrogens with zero attached hydrogens (tertiary/aromatic N) is 1. The van der Waals surface area contributed by atoms with Gasteiger partial charge < -0.3 is 4.42 Å². The average Bonchev–Trinajstić information content (AvgIpc) is 3.06. The molecule has 0 saturated heterocycles. The van der Waals surface area contributed by atoms with Gasteiger partial charge in [0.05, 0.1) is 0 Å². The van der Waals surface area contributed by atoms with Crippen molar-refractivity contribution in [2.24, 2.45) is 0 Å². The number of fused-ring (bicyclic) bond motifs is 3. The van der Waals surface area contributed by atoms with E-state index in [4.69, 9.17) is 4.42 Å². The maximum absolute atomic E-state index is 6.29. The van der Waals surface area contributed by atoms with Gasteiger partial charge in [-0.1, -0.05) is 54.6 Å². The first-order chi connectivity index (χ1) is 13.6. The SMILES string of the molecule is Cc1ccc2c(n1)oc1c(-c3cc(-c4ccccc4)ccc3C)c(C)ccc12. The molecule has 2 heteroatoms. The van der Waals surface area contributed by atoms with Crippen LogP contribution in [0.25, 0.3) is 44.3 Å². The summed E-state index contributed by atoms with van der Waals surface area (Å²) < 4.78 is 6.29. The van der Waals surface area contributed by atoms with Crippen molar-refractivity contribution in [3.8, 4) is 22.3 Å². The van der Waals surface area contributed by atoms with Crippen LogP contribution in [-0.4, -0.2) is 4.98 Å². The number of furan rings is 1. The zero-order chi connectivity index (χ0) is 19.3. The zero-order valence-corrected chi connectivity index (χ0v) is 16.3. The van der Waals surface area contributed by atoms with Gasteiger partial charge in [0, 0.05) is 22.0 Å². The quantitative estimate of drug-likeness (QED) is 0.330. The Morgan fingerprint density at radius 1 is 0.679 bits per heavy atom. The van der Waals surface area contributed by atoms with E-state index in [1.807, 2.05) is 19.1 Å². The lowest BCUT2D eigenvalue weighted by molar-refractivity contribution is 0.653. The van der Waals surface area contributed by atoms with Gasteiger partial charge >= 0.3 is 0 Å². The standard InChI is InChI=1S/C26H21NO/c1-16-9-12-20(19-7-5-4-6-8-19)15-23(16)24-17(2)10-13-21-22-14-11-18(3)27-26(22)28-25(21)24/h4-15H,1-3H3. The predicted molar refractivity (Wildman–Crippen MR) is 117 cm³/mol. The number of rotatable bonds is 2. The molecule has 5 aromatic rings. The highest BCUT2D eigenvalue weighted by molar-refractivity contribution is 6.09. The molecule has 28 heavy (non-hydrogen) atoms. The molecule has 0 radical (unpaired) electrons. The number of aromatic nitrogens is 1. The Kier molecular flexibility index (Phi) is 3.80. The lowest BCUT2D eigenvalue weighted by Gasteiger charge is -2.12. The molecule has 0 aliphatic rings. The summed E-state index contributed by atoms with van der Waals surface area (Å²) in [6.07, 6.45) is 0. The maximum atomic E-state index is 6.29. The molecule has 0 aliphatic carbocycles. The molecule has 3 aromatic carbocycles. The van der Waals surface area contributed by atoms with Crippen molar-refractivity contribution in [1.82, 2.24) is 4.98 Å². The van der Waals surface area contributed by atoms with E-state index < -0.39 is 0 Å². The molecule has 5 rings (SSSR count). The number of pyridine rings is 1. The summed E-state index contributed by atoms with van der Waals surface area (Å²) in [4.78, 5) is 4.60. The molecule has 0 fully saturated rings. The van der Waals surface area contributed by atoms with E-state index in [0.29, 0.717) is 5.71 Å². The molecule has 136 valence electrons. The fourth-order valence-corrected chi connectivity index (χ4v) is 3.95. The van der Waals surface area contributed by atoms with Gasteiger partial charge in [-0.05, 0) is 66.8 Å². The minimum Gasteiger partial charge on any atom is -0.437 e. The Morgan fingerprint density at radius 2 is 1.43 bits per heavy atom. The van der Waals surface area contributed by atoms with E-state index >= 15 is 0 Å². The van der Waals surface area contributed by atoms with Crippen LogP contribution in [0.4, 0.5) is 0 Å². The number of benzene rings is 3. The Labute approximate surface area is 164 Å². The normalized spacial score (nSPS) is 11.4. The van der Waals surface area contributed by atoms with Gasteiger partial charge in [-0.15, -0.1) is 0 Å². The van der Waals surface area contributed by atoms with E-state index in [1.54, 1.807) is 0 Å². The monoisotopic (exact) mass is 363 g/mol. The van der Waals surface area contributed by atoms with Crippen molar-refractivity contribution in [3.63, 3.8) is 0 Å². The van der Waals surface area contributed by atoms with E-state index in [-0.39, 0.29) is 0 Å². The summed E-state index contributed by atoms with van der Waals surface area (Å²) in [6.45, 7) is 6.30. The van der Waals surface area contributed by atoms with Crippen LogP contribution < -0.4 is 0 Å². The summed E-state index contributed by atoms with van der Waals surface area (Å²) in [6, 6.07) is 25.6. The minimum absolute atomic E-state index is 0.707. The summed E-state index contributed by atoms with van der Waals surface area (Å²) in [5.74, 6) is 0. The second-order valence-corrected chi connectivity index (χ2v) is 7.44. The first-order valence-corrected chi connectivity index (χ1v) is 9.58. The van der Waals surface area contributed by atoms with Crippen LogP contribution in [0.1, 0.15) is 16.8 Å². The first-order valence-electron chi connectivity index (χ1n) is 9.58. The number of hydrogen-bond acceptors (Lipinski definition) is 2. The Balaban J connectivity index is 1.82. The second-order valence-electron chi connectivity index (χ2n) is 7.44. The van der Waals surface area contributed by atoms with Crippen molar-refractivity contribution in [2.75, 3.05) is 0 Å². The smallest absolute Gasteiger partial charge is 0.227 e. The Morgan fingerprint density at radius 3 is 2.25 bits per heavy atom. The first kappa shape index (κ1) is 16.8. The van der Waals surface area contributed by atoms with Crippen molar-refractivity contribution >= 4 is 22.1 Å². The molecule has 2 aromatic heterocycles. The maximum Gasteiger partial charge on any atom is 0.227 e. The molecule has 0 bridgehead atoms. The molecular weight excluding hydrogens is 342 g/mol. The van der Waals surface area contributed by atoms with Crippen LogP contribution in [-0.2, 0) is 0 Å². The van der Waals surface area contributed by atoms with Gasteiger partial charge in [0.1, 0.15) is 5.58 Å². The fraction of sp³-hybridized carbons (Fsp3) is 0.115. The Bertz CT molecular complexity index is 1330. The summed E-state index contributed by atoms with van der Waals surface area (Å²) in [5, 5.41) is 2.19. The molecule has 0 aliphatic heterocycles. The molecule has 0 spiro atoms. The van der Waals surface area contributed by atoms with Gasteiger partial charge in [-0.3, -0.25) is 0 Å². The fourth-order valence-electron chi connectivity index (χ4n) is 3.95. The average molecular weight is 363 g/mol. The van der Waals surface area contributed by atoms with E-state index in [0.717, 1.165) is 27.6 Å².